The summed E-state index contributed by atoms with van der Waals surface area (Å²) < 4.78 is 6.37. The zero-order valence-corrected chi connectivity index (χ0v) is 16.4. The summed E-state index contributed by atoms with van der Waals surface area (Å²) in [6.45, 7) is 0.948. The van der Waals surface area contributed by atoms with Crippen molar-refractivity contribution in [3.8, 4) is 16.9 Å². The van der Waals surface area contributed by atoms with Gasteiger partial charge >= 0.3 is 0 Å². The Morgan fingerprint density at radius 2 is 2.03 bits per heavy atom. The van der Waals surface area contributed by atoms with Crippen molar-refractivity contribution in [3.63, 3.8) is 0 Å². The Bertz CT molecular complexity index is 1030. The number of nitrogens with zero attached hydrogens (tertiary/aromatic N) is 3. The smallest absolute Gasteiger partial charge is 0.271 e. The van der Waals surface area contributed by atoms with Gasteiger partial charge in [-0.3, -0.25) is 14.9 Å². The maximum Gasteiger partial charge on any atom is 0.271 e. The average molecular weight is 415 g/mol. The summed E-state index contributed by atoms with van der Waals surface area (Å²) in [5, 5.41) is 18.9. The number of methoxy groups -OCH3 is 1. The molecule has 0 aliphatic rings. The molecule has 1 aromatic heterocycles. The summed E-state index contributed by atoms with van der Waals surface area (Å²) in [6, 6.07) is 14.7. The molecule has 29 heavy (non-hydrogen) atoms. The number of carbonyl (C=O) groups is 1. The minimum atomic E-state index is -0.494. The molecular weight excluding hydrogens is 396 g/mol. The number of hydrogen-bond acceptors (Lipinski definition) is 5. The molecule has 0 fully saturated rings. The highest BCUT2D eigenvalue weighted by molar-refractivity contribution is 6.33. The van der Waals surface area contributed by atoms with E-state index in [2.05, 4.69) is 10.4 Å². The van der Waals surface area contributed by atoms with Crippen LogP contribution >= 0.6 is 11.6 Å². The molecule has 0 radical (unpaired) electrons. The molecule has 2 aromatic carbocycles. The Balaban J connectivity index is 2.03. The first kappa shape index (κ1) is 20.5. The molecule has 0 spiro atoms. The fourth-order valence-corrected chi connectivity index (χ4v) is 3.02. The molecule has 0 saturated heterocycles. The number of nitrogens with one attached hydrogen (secondary N) is 1. The van der Waals surface area contributed by atoms with Crippen LogP contribution in [-0.4, -0.2) is 40.9 Å². The van der Waals surface area contributed by atoms with Gasteiger partial charge in [0.1, 0.15) is 5.69 Å². The highest BCUT2D eigenvalue weighted by Gasteiger charge is 2.19. The molecule has 0 aliphatic heterocycles. The van der Waals surface area contributed by atoms with Crippen LogP contribution in [-0.2, 0) is 4.74 Å². The number of non-ortho nitro benzene ring substituents is 1. The third-order valence-electron chi connectivity index (χ3n) is 4.19. The van der Waals surface area contributed by atoms with Gasteiger partial charge in [-0.25, -0.2) is 4.68 Å². The zero-order valence-electron chi connectivity index (χ0n) is 15.7. The highest BCUT2D eigenvalue weighted by atomic mass is 35.5. The van der Waals surface area contributed by atoms with Crippen molar-refractivity contribution in [3.05, 3.63) is 75.4 Å². The molecular formula is C20H19ClN4O4. The molecule has 1 N–H and O–H groups in total. The summed E-state index contributed by atoms with van der Waals surface area (Å²) in [4.78, 5) is 23.4. The van der Waals surface area contributed by atoms with Crippen molar-refractivity contribution < 1.29 is 14.5 Å². The maximum atomic E-state index is 12.8. The minimum Gasteiger partial charge on any atom is -0.385 e. The van der Waals surface area contributed by atoms with E-state index in [0.29, 0.717) is 41.5 Å². The number of ether oxygens (including phenoxy) is 1. The van der Waals surface area contributed by atoms with Gasteiger partial charge in [-0.05, 0) is 24.6 Å². The summed E-state index contributed by atoms with van der Waals surface area (Å²) in [7, 11) is 1.59. The fraction of sp³-hybridized carbons (Fsp3) is 0.200. The zero-order chi connectivity index (χ0) is 20.8. The Labute approximate surface area is 172 Å². The third kappa shape index (κ3) is 4.79. The van der Waals surface area contributed by atoms with Gasteiger partial charge in [0.15, 0.2) is 0 Å². The van der Waals surface area contributed by atoms with E-state index in [1.807, 2.05) is 6.07 Å². The molecule has 0 unspecified atom stereocenters. The first-order valence-electron chi connectivity index (χ1n) is 8.88. The number of nitro benzene ring substituents is 1. The van der Waals surface area contributed by atoms with E-state index in [4.69, 9.17) is 16.3 Å². The van der Waals surface area contributed by atoms with Crippen molar-refractivity contribution in [1.29, 1.82) is 0 Å². The lowest BCUT2D eigenvalue weighted by Crippen LogP contribution is -2.27. The molecule has 3 rings (SSSR count). The number of hydrogen-bond donors (Lipinski definition) is 1. The largest absolute Gasteiger partial charge is 0.385 e. The number of benzene rings is 2. The molecule has 1 heterocycles. The van der Waals surface area contributed by atoms with Crippen LogP contribution < -0.4 is 5.32 Å². The van der Waals surface area contributed by atoms with Crippen LogP contribution in [0.25, 0.3) is 16.9 Å². The average Bonchev–Trinajstić information content (AvgIpc) is 3.17. The summed E-state index contributed by atoms with van der Waals surface area (Å²) in [5.74, 6) is -0.349. The number of rotatable bonds is 8. The minimum absolute atomic E-state index is 0.0938. The van der Waals surface area contributed by atoms with Gasteiger partial charge < -0.3 is 10.1 Å². The highest BCUT2D eigenvalue weighted by Crippen LogP contribution is 2.28. The lowest BCUT2D eigenvalue weighted by Gasteiger charge is -2.08. The topological polar surface area (TPSA) is 99.3 Å². The fourth-order valence-electron chi connectivity index (χ4n) is 2.79. The summed E-state index contributed by atoms with van der Waals surface area (Å²) >= 11 is 6.28. The van der Waals surface area contributed by atoms with Crippen LogP contribution in [0.2, 0.25) is 5.02 Å². The van der Waals surface area contributed by atoms with E-state index >= 15 is 0 Å². The predicted octanol–water partition coefficient (Wildman–Crippen LogP) is 3.87. The van der Waals surface area contributed by atoms with E-state index < -0.39 is 4.92 Å². The molecule has 0 atom stereocenters. The van der Waals surface area contributed by atoms with Gasteiger partial charge in [0.05, 0.1) is 21.3 Å². The summed E-state index contributed by atoms with van der Waals surface area (Å²) in [5.41, 5.74) is 1.71. The second kappa shape index (κ2) is 9.31. The number of carbonyl (C=O) groups excluding carboxylic acids is 1. The predicted molar refractivity (Wildman–Crippen MR) is 109 cm³/mol. The van der Waals surface area contributed by atoms with Gasteiger partial charge in [-0.15, -0.1) is 0 Å². The normalized spacial score (nSPS) is 10.7. The number of nitro groups is 1. The van der Waals surface area contributed by atoms with Crippen LogP contribution in [0.3, 0.4) is 0 Å². The van der Waals surface area contributed by atoms with E-state index in [9.17, 15) is 14.9 Å². The quantitative estimate of drug-likeness (QED) is 0.342. The van der Waals surface area contributed by atoms with Crippen molar-refractivity contribution in [1.82, 2.24) is 15.1 Å². The number of amides is 1. The lowest BCUT2D eigenvalue weighted by molar-refractivity contribution is -0.384. The maximum absolute atomic E-state index is 12.8. The Hall–Kier alpha value is -3.23. The van der Waals surface area contributed by atoms with Crippen molar-refractivity contribution in [2.45, 2.75) is 6.42 Å². The molecule has 1 amide bonds. The van der Waals surface area contributed by atoms with Crippen molar-refractivity contribution >= 4 is 23.2 Å². The van der Waals surface area contributed by atoms with E-state index in [1.165, 1.54) is 16.8 Å². The van der Waals surface area contributed by atoms with Gasteiger partial charge in [0.2, 0.25) is 0 Å². The monoisotopic (exact) mass is 414 g/mol. The van der Waals surface area contributed by atoms with Gasteiger partial charge in [0.25, 0.3) is 11.6 Å². The first-order chi connectivity index (χ1) is 14.0. The molecule has 0 aliphatic carbocycles. The van der Waals surface area contributed by atoms with Crippen molar-refractivity contribution in [2.75, 3.05) is 20.3 Å². The second-order valence-electron chi connectivity index (χ2n) is 6.19. The summed E-state index contributed by atoms with van der Waals surface area (Å²) in [6.07, 6.45) is 0.657. The van der Waals surface area contributed by atoms with Crippen LogP contribution in [0.15, 0.2) is 54.6 Å². The number of aromatic nitrogens is 2. The molecule has 3 aromatic rings. The van der Waals surface area contributed by atoms with Gasteiger partial charge in [-0.2, -0.15) is 5.10 Å². The molecule has 0 saturated carbocycles. The molecule has 8 nitrogen and oxygen atoms in total. The van der Waals surface area contributed by atoms with Crippen LogP contribution in [0.1, 0.15) is 16.9 Å². The first-order valence-corrected chi connectivity index (χ1v) is 9.26. The Morgan fingerprint density at radius 1 is 1.24 bits per heavy atom. The third-order valence-corrected chi connectivity index (χ3v) is 4.52. The van der Waals surface area contributed by atoms with E-state index in [-0.39, 0.29) is 17.3 Å². The van der Waals surface area contributed by atoms with Gasteiger partial charge in [0, 0.05) is 38.0 Å². The SMILES string of the molecule is COCCCNC(=O)c1cc(-c2ccccc2Cl)nn1-c1cccc([N+](=O)[O-])c1. The van der Waals surface area contributed by atoms with Gasteiger partial charge in [-0.1, -0.05) is 35.9 Å². The molecule has 9 heteroatoms. The van der Waals surface area contributed by atoms with Crippen LogP contribution in [0.5, 0.6) is 0 Å². The molecule has 0 bridgehead atoms. The van der Waals surface area contributed by atoms with Crippen molar-refractivity contribution in [2.24, 2.45) is 0 Å². The van der Waals surface area contributed by atoms with E-state index in [0.717, 1.165) is 0 Å². The second-order valence-corrected chi connectivity index (χ2v) is 6.59. The van der Waals surface area contributed by atoms with Crippen LogP contribution in [0, 0.1) is 10.1 Å². The Kier molecular flexibility index (Phi) is 6.58. The van der Waals surface area contributed by atoms with E-state index in [1.54, 1.807) is 43.5 Å². The molecule has 150 valence electrons. The standard InChI is InChI=1S/C20H19ClN4O4/c1-29-11-5-10-22-20(26)19-13-18(16-8-2-3-9-17(16)21)23-24(19)14-6-4-7-15(12-14)25(27)28/h2-4,6-9,12-13H,5,10-11H2,1H3,(H,22,26). The lowest BCUT2D eigenvalue weighted by atomic mass is 10.1. The number of halogens is 1. The Morgan fingerprint density at radius 3 is 2.76 bits per heavy atom. The van der Waals surface area contributed by atoms with Crippen LogP contribution in [0.4, 0.5) is 5.69 Å².